The van der Waals surface area contributed by atoms with Crippen molar-refractivity contribution < 1.29 is 5.11 Å². The minimum Gasteiger partial charge on any atom is -0.392 e. The molecule has 0 saturated heterocycles. The molecule has 19 heavy (non-hydrogen) atoms. The molecule has 1 aromatic rings. The van der Waals surface area contributed by atoms with Crippen LogP contribution in [0.15, 0.2) is 47.6 Å². The van der Waals surface area contributed by atoms with Gasteiger partial charge in [0.1, 0.15) is 7.85 Å². The largest absolute Gasteiger partial charge is 0.392 e. The lowest BCUT2D eigenvalue weighted by Gasteiger charge is -2.02. The molecule has 0 fully saturated rings. The van der Waals surface area contributed by atoms with Crippen molar-refractivity contribution in [3.05, 3.63) is 53.1 Å². The second-order valence-electron chi connectivity index (χ2n) is 5.33. The Labute approximate surface area is 118 Å². The lowest BCUT2D eigenvalue weighted by Crippen LogP contribution is -2.01. The van der Waals surface area contributed by atoms with E-state index in [4.69, 9.17) is 5.11 Å². The summed E-state index contributed by atoms with van der Waals surface area (Å²) in [7, 11) is 2.14. The third kappa shape index (κ3) is 7.02. The molecule has 1 aromatic carbocycles. The molecule has 0 amide bonds. The third-order valence-electron chi connectivity index (χ3n) is 3.29. The second-order valence-corrected chi connectivity index (χ2v) is 5.33. The van der Waals surface area contributed by atoms with Crippen LogP contribution in [0.4, 0.5) is 0 Å². The standard InChI is InChI=1S/C17H25BO/c1-14(6-3-8-15(2)13-19)7-4-9-16-10-5-11-17(18)12-16/h5,7-8,10-12,19H,3-4,6,9,13,18H2,1-2H3/b14-7+,15-8+. The van der Waals surface area contributed by atoms with Gasteiger partial charge in [-0.05, 0) is 45.1 Å². The average Bonchev–Trinajstić information content (AvgIpc) is 2.38. The fourth-order valence-electron chi connectivity index (χ4n) is 2.07. The second kappa shape index (κ2) is 8.76. The maximum absolute atomic E-state index is 8.91. The van der Waals surface area contributed by atoms with E-state index in [0.717, 1.165) is 31.3 Å². The Hall–Kier alpha value is -1.28. The van der Waals surface area contributed by atoms with E-state index in [1.165, 1.54) is 16.6 Å². The molecule has 0 aromatic heterocycles. The maximum Gasteiger partial charge on any atom is 0.139 e. The van der Waals surface area contributed by atoms with Crippen LogP contribution in [0.25, 0.3) is 0 Å². The number of aliphatic hydroxyl groups excluding tert-OH is 1. The van der Waals surface area contributed by atoms with Crippen molar-refractivity contribution in [2.24, 2.45) is 0 Å². The lowest BCUT2D eigenvalue weighted by molar-refractivity contribution is 0.331. The normalized spacial score (nSPS) is 12.8. The van der Waals surface area contributed by atoms with E-state index in [2.05, 4.69) is 51.2 Å². The van der Waals surface area contributed by atoms with E-state index < -0.39 is 0 Å². The zero-order valence-corrected chi connectivity index (χ0v) is 12.4. The molecule has 1 N–H and O–H groups in total. The first-order chi connectivity index (χ1) is 9.11. The number of benzene rings is 1. The van der Waals surface area contributed by atoms with Gasteiger partial charge >= 0.3 is 0 Å². The Bertz CT molecular complexity index is 446. The van der Waals surface area contributed by atoms with Crippen LogP contribution < -0.4 is 5.46 Å². The van der Waals surface area contributed by atoms with Crippen molar-refractivity contribution >= 4 is 13.3 Å². The van der Waals surface area contributed by atoms with Crippen molar-refractivity contribution in [2.45, 2.75) is 39.5 Å². The van der Waals surface area contributed by atoms with Gasteiger partial charge in [0.05, 0.1) is 6.61 Å². The molecule has 1 nitrogen and oxygen atoms in total. The zero-order valence-electron chi connectivity index (χ0n) is 12.4. The summed E-state index contributed by atoms with van der Waals surface area (Å²) >= 11 is 0. The molecule has 1 rings (SSSR count). The Balaban J connectivity index is 2.32. The summed E-state index contributed by atoms with van der Waals surface area (Å²) in [5.74, 6) is 0. The first-order valence-corrected chi connectivity index (χ1v) is 7.09. The van der Waals surface area contributed by atoms with Crippen LogP contribution in [0.5, 0.6) is 0 Å². The SMILES string of the molecule is Bc1cccc(CC/C=C(\C)CC/C=C(\C)CO)c1. The van der Waals surface area contributed by atoms with E-state index in [0.29, 0.717) is 0 Å². The predicted octanol–water partition coefficient (Wildman–Crippen LogP) is 2.54. The highest BCUT2D eigenvalue weighted by Crippen LogP contribution is 2.09. The molecule has 0 bridgehead atoms. The molecule has 0 spiro atoms. The summed E-state index contributed by atoms with van der Waals surface area (Å²) in [5, 5.41) is 8.91. The molecule has 0 unspecified atom stereocenters. The van der Waals surface area contributed by atoms with Gasteiger partial charge in [0.2, 0.25) is 0 Å². The van der Waals surface area contributed by atoms with E-state index in [1.807, 2.05) is 6.92 Å². The highest BCUT2D eigenvalue weighted by molar-refractivity contribution is 6.32. The van der Waals surface area contributed by atoms with Gasteiger partial charge < -0.3 is 5.11 Å². The first kappa shape index (κ1) is 15.8. The average molecular weight is 256 g/mol. The molecule has 102 valence electrons. The number of hydrogen-bond donors (Lipinski definition) is 1. The number of aliphatic hydroxyl groups is 1. The molecular weight excluding hydrogens is 231 g/mol. The highest BCUT2D eigenvalue weighted by atomic mass is 16.3. The summed E-state index contributed by atoms with van der Waals surface area (Å²) in [6.07, 6.45) is 8.80. The fourth-order valence-corrected chi connectivity index (χ4v) is 2.07. The van der Waals surface area contributed by atoms with E-state index in [9.17, 15) is 0 Å². The first-order valence-electron chi connectivity index (χ1n) is 7.09. The minimum atomic E-state index is 0.177. The van der Waals surface area contributed by atoms with Crippen LogP contribution in [-0.4, -0.2) is 19.6 Å². The topological polar surface area (TPSA) is 20.2 Å². The molecule has 0 aliphatic carbocycles. The molecule has 0 atom stereocenters. The maximum atomic E-state index is 8.91. The van der Waals surface area contributed by atoms with Crippen LogP contribution >= 0.6 is 0 Å². The number of allylic oxidation sites excluding steroid dienone is 3. The van der Waals surface area contributed by atoms with Gasteiger partial charge in [-0.3, -0.25) is 0 Å². The van der Waals surface area contributed by atoms with Crippen molar-refractivity contribution in [2.75, 3.05) is 6.61 Å². The monoisotopic (exact) mass is 256 g/mol. The van der Waals surface area contributed by atoms with E-state index in [1.54, 1.807) is 0 Å². The van der Waals surface area contributed by atoms with Crippen molar-refractivity contribution in [1.82, 2.24) is 0 Å². The van der Waals surface area contributed by atoms with Crippen LogP contribution in [0, 0.1) is 0 Å². The van der Waals surface area contributed by atoms with E-state index >= 15 is 0 Å². The Morgan fingerprint density at radius 1 is 1.16 bits per heavy atom. The number of hydrogen-bond acceptors (Lipinski definition) is 1. The van der Waals surface area contributed by atoms with Crippen LogP contribution in [0.2, 0.25) is 0 Å². The molecule has 0 saturated carbocycles. The van der Waals surface area contributed by atoms with Crippen LogP contribution in [0.3, 0.4) is 0 Å². The number of aryl methyl sites for hydroxylation is 1. The molecule has 2 heteroatoms. The van der Waals surface area contributed by atoms with Crippen LogP contribution in [-0.2, 0) is 6.42 Å². The predicted molar refractivity (Wildman–Crippen MR) is 86.8 cm³/mol. The van der Waals surface area contributed by atoms with Gasteiger partial charge in [0.15, 0.2) is 0 Å². The Morgan fingerprint density at radius 2 is 1.89 bits per heavy atom. The van der Waals surface area contributed by atoms with Gasteiger partial charge in [-0.25, -0.2) is 0 Å². The molecular formula is C17H25BO. The van der Waals surface area contributed by atoms with Gasteiger partial charge in [-0.2, -0.15) is 0 Å². The minimum absolute atomic E-state index is 0.177. The van der Waals surface area contributed by atoms with Gasteiger partial charge in [0.25, 0.3) is 0 Å². The number of rotatable bonds is 7. The highest BCUT2D eigenvalue weighted by Gasteiger charge is 1.94. The quantitative estimate of drug-likeness (QED) is 0.587. The summed E-state index contributed by atoms with van der Waals surface area (Å²) in [6.45, 7) is 4.34. The van der Waals surface area contributed by atoms with Crippen molar-refractivity contribution in [3.8, 4) is 0 Å². The summed E-state index contributed by atoms with van der Waals surface area (Å²) in [4.78, 5) is 0. The van der Waals surface area contributed by atoms with Gasteiger partial charge in [-0.15, -0.1) is 0 Å². The molecule has 0 aliphatic heterocycles. The van der Waals surface area contributed by atoms with Crippen LogP contribution in [0.1, 0.15) is 38.7 Å². The smallest absolute Gasteiger partial charge is 0.139 e. The van der Waals surface area contributed by atoms with Crippen molar-refractivity contribution in [1.29, 1.82) is 0 Å². The lowest BCUT2D eigenvalue weighted by atomic mass is 9.93. The molecule has 0 radical (unpaired) electrons. The summed E-state index contributed by atoms with van der Waals surface area (Å²) in [5.41, 5.74) is 5.25. The summed E-state index contributed by atoms with van der Waals surface area (Å²) < 4.78 is 0. The Morgan fingerprint density at radius 3 is 2.58 bits per heavy atom. The summed E-state index contributed by atoms with van der Waals surface area (Å²) in [6, 6.07) is 8.73. The Kier molecular flexibility index (Phi) is 7.28. The van der Waals surface area contributed by atoms with Gasteiger partial charge in [0, 0.05) is 0 Å². The molecule has 0 heterocycles. The third-order valence-corrected chi connectivity index (χ3v) is 3.29. The fraction of sp³-hybridized carbons (Fsp3) is 0.412. The van der Waals surface area contributed by atoms with Gasteiger partial charge in [-0.1, -0.05) is 53.0 Å². The van der Waals surface area contributed by atoms with E-state index in [-0.39, 0.29) is 6.61 Å². The molecule has 0 aliphatic rings. The zero-order chi connectivity index (χ0) is 14.1. The van der Waals surface area contributed by atoms with Crippen molar-refractivity contribution in [3.63, 3.8) is 0 Å².